The molecule has 0 fully saturated rings. The molecule has 186 valence electrons. The molecule has 1 atom stereocenters. The van der Waals surface area contributed by atoms with Gasteiger partial charge in [0.25, 0.3) is 0 Å². The van der Waals surface area contributed by atoms with E-state index in [1.54, 1.807) is 0 Å². The maximum absolute atomic E-state index is 14.1. The van der Waals surface area contributed by atoms with E-state index in [1.165, 1.54) is 0 Å². The predicted molar refractivity (Wildman–Crippen MR) is 143 cm³/mol. The smallest absolute Gasteiger partial charge is 0.326 e. The van der Waals surface area contributed by atoms with Crippen LogP contribution in [0, 0.1) is 5.41 Å². The zero-order chi connectivity index (χ0) is 25.7. The fourth-order valence-electron chi connectivity index (χ4n) is 5.17. The number of fused-ring (bicyclic) bond motifs is 1. The summed E-state index contributed by atoms with van der Waals surface area (Å²) in [6.45, 7) is 0.139. The monoisotopic (exact) mass is 491 g/mol. The molecule has 4 aromatic carbocycles. The van der Waals surface area contributed by atoms with E-state index in [0.717, 1.165) is 27.9 Å². The second kappa shape index (κ2) is 10.7. The summed E-state index contributed by atoms with van der Waals surface area (Å²) >= 11 is 0. The van der Waals surface area contributed by atoms with Gasteiger partial charge in [-0.25, -0.2) is 0 Å². The number of rotatable bonds is 7. The molecular weight excluding hydrogens is 462 g/mol. The molecule has 4 aromatic rings. The molecule has 0 bridgehead atoms. The Morgan fingerprint density at radius 3 is 1.70 bits per heavy atom. The standard InChI is InChI=1S/C32H29NO4/c1-33-28-20-12-11-19-27(28)21-32(29(33)26-17-9-4-10-18-26,30(34)36-22-24-13-5-2-6-14-24)31(35)37-23-25-15-7-3-8-16-25/h2-20,29H,21-23H2,1H3/t29-/m0/s1. The Morgan fingerprint density at radius 2 is 1.16 bits per heavy atom. The van der Waals surface area contributed by atoms with Gasteiger partial charge in [-0.05, 0) is 28.3 Å². The molecule has 0 radical (unpaired) electrons. The van der Waals surface area contributed by atoms with Gasteiger partial charge in [-0.15, -0.1) is 0 Å². The van der Waals surface area contributed by atoms with E-state index in [-0.39, 0.29) is 19.6 Å². The summed E-state index contributed by atoms with van der Waals surface area (Å²) in [6, 6.07) is 35.8. The number of para-hydroxylation sites is 1. The molecular formula is C32H29NO4. The molecule has 5 nitrogen and oxygen atoms in total. The number of hydrogen-bond acceptors (Lipinski definition) is 5. The molecule has 0 aliphatic carbocycles. The Morgan fingerprint density at radius 1 is 0.703 bits per heavy atom. The quantitative estimate of drug-likeness (QED) is 0.238. The van der Waals surface area contributed by atoms with E-state index in [9.17, 15) is 9.59 Å². The number of nitrogens with zero attached hydrogens (tertiary/aromatic N) is 1. The number of carbonyl (C=O) groups excluding carboxylic acids is 2. The zero-order valence-corrected chi connectivity index (χ0v) is 20.7. The summed E-state index contributed by atoms with van der Waals surface area (Å²) in [5.74, 6) is -1.19. The van der Waals surface area contributed by atoms with Crippen molar-refractivity contribution in [3.8, 4) is 0 Å². The molecule has 0 amide bonds. The van der Waals surface area contributed by atoms with Crippen LogP contribution in [-0.4, -0.2) is 19.0 Å². The molecule has 0 N–H and O–H groups in total. The van der Waals surface area contributed by atoms with Crippen molar-refractivity contribution in [2.45, 2.75) is 25.7 Å². The molecule has 1 aliphatic heterocycles. The number of ether oxygens (including phenoxy) is 2. The maximum atomic E-state index is 14.1. The van der Waals surface area contributed by atoms with Gasteiger partial charge in [0, 0.05) is 19.2 Å². The lowest BCUT2D eigenvalue weighted by atomic mass is 9.68. The fraction of sp³-hybridized carbons (Fsp3) is 0.188. The van der Waals surface area contributed by atoms with Crippen LogP contribution < -0.4 is 4.90 Å². The Labute approximate surface area is 217 Å². The van der Waals surface area contributed by atoms with Crippen molar-refractivity contribution in [1.29, 1.82) is 0 Å². The average Bonchev–Trinajstić information content (AvgIpc) is 2.96. The Bertz CT molecular complexity index is 1300. The van der Waals surface area contributed by atoms with Crippen LogP contribution in [-0.2, 0) is 38.7 Å². The SMILES string of the molecule is CN1c2ccccc2CC(C(=O)OCc2ccccc2)(C(=O)OCc2ccccc2)[C@@H]1c1ccccc1. The summed E-state index contributed by atoms with van der Waals surface area (Å²) in [6.07, 6.45) is 0.175. The third kappa shape index (κ3) is 4.85. The first-order chi connectivity index (χ1) is 18.1. The van der Waals surface area contributed by atoms with Crippen molar-refractivity contribution >= 4 is 17.6 Å². The van der Waals surface area contributed by atoms with E-state index >= 15 is 0 Å². The number of carbonyl (C=O) groups is 2. The summed E-state index contributed by atoms with van der Waals surface area (Å²) < 4.78 is 11.8. The Hall–Kier alpha value is -4.38. The van der Waals surface area contributed by atoms with Crippen LogP contribution in [0.4, 0.5) is 5.69 Å². The molecule has 0 saturated carbocycles. The number of hydrogen-bond donors (Lipinski definition) is 0. The molecule has 0 aromatic heterocycles. The van der Waals surface area contributed by atoms with Gasteiger partial charge in [0.1, 0.15) is 13.2 Å². The number of benzene rings is 4. The summed E-state index contributed by atoms with van der Waals surface area (Å²) in [5, 5.41) is 0. The highest BCUT2D eigenvalue weighted by atomic mass is 16.6. The second-order valence-electron chi connectivity index (χ2n) is 9.32. The van der Waals surface area contributed by atoms with Crippen LogP contribution in [0.3, 0.4) is 0 Å². The molecule has 5 heteroatoms. The third-order valence-electron chi connectivity index (χ3n) is 6.96. The van der Waals surface area contributed by atoms with Gasteiger partial charge >= 0.3 is 11.9 Å². The normalized spacial score (nSPS) is 15.9. The van der Waals surface area contributed by atoms with Gasteiger partial charge in [-0.3, -0.25) is 9.59 Å². The van der Waals surface area contributed by atoms with Crippen LogP contribution in [0.1, 0.15) is 28.3 Å². The summed E-state index contributed by atoms with van der Waals surface area (Å²) in [4.78, 5) is 30.3. The van der Waals surface area contributed by atoms with E-state index in [2.05, 4.69) is 0 Å². The fourth-order valence-corrected chi connectivity index (χ4v) is 5.17. The number of anilines is 1. The highest BCUT2D eigenvalue weighted by Gasteiger charge is 2.59. The predicted octanol–water partition coefficient (Wildman–Crippen LogP) is 5.89. The number of esters is 2. The van der Waals surface area contributed by atoms with Gasteiger partial charge < -0.3 is 14.4 Å². The summed E-state index contributed by atoms with van der Waals surface area (Å²) in [5.41, 5.74) is 2.81. The van der Waals surface area contributed by atoms with E-state index < -0.39 is 23.4 Å². The van der Waals surface area contributed by atoms with Crippen LogP contribution in [0.25, 0.3) is 0 Å². The molecule has 0 saturated heterocycles. The Balaban J connectivity index is 1.58. The van der Waals surface area contributed by atoms with Gasteiger partial charge in [-0.1, -0.05) is 109 Å². The van der Waals surface area contributed by atoms with Gasteiger partial charge in [0.05, 0.1) is 6.04 Å². The van der Waals surface area contributed by atoms with Crippen molar-refractivity contribution in [3.05, 3.63) is 138 Å². The van der Waals surface area contributed by atoms with Crippen LogP contribution in [0.5, 0.6) is 0 Å². The molecule has 1 aliphatic rings. The van der Waals surface area contributed by atoms with Gasteiger partial charge in [-0.2, -0.15) is 0 Å². The van der Waals surface area contributed by atoms with Crippen molar-refractivity contribution in [3.63, 3.8) is 0 Å². The van der Waals surface area contributed by atoms with Crippen LogP contribution >= 0.6 is 0 Å². The minimum absolute atomic E-state index is 0.0697. The largest absolute Gasteiger partial charge is 0.460 e. The molecule has 0 unspecified atom stereocenters. The highest BCUT2D eigenvalue weighted by molar-refractivity contribution is 6.03. The lowest BCUT2D eigenvalue weighted by Gasteiger charge is -2.47. The van der Waals surface area contributed by atoms with Crippen LogP contribution in [0.2, 0.25) is 0 Å². The first-order valence-corrected chi connectivity index (χ1v) is 12.4. The van der Waals surface area contributed by atoms with Gasteiger partial charge in [0.15, 0.2) is 5.41 Å². The minimum Gasteiger partial charge on any atom is -0.460 e. The molecule has 37 heavy (non-hydrogen) atoms. The molecule has 5 rings (SSSR count). The topological polar surface area (TPSA) is 55.8 Å². The van der Waals surface area contributed by atoms with E-state index in [1.807, 2.05) is 127 Å². The minimum atomic E-state index is -1.60. The highest BCUT2D eigenvalue weighted by Crippen LogP contribution is 2.50. The van der Waals surface area contributed by atoms with Gasteiger partial charge in [0.2, 0.25) is 0 Å². The third-order valence-corrected chi connectivity index (χ3v) is 6.96. The van der Waals surface area contributed by atoms with Crippen LogP contribution in [0.15, 0.2) is 115 Å². The molecule has 0 spiro atoms. The maximum Gasteiger partial charge on any atom is 0.326 e. The summed E-state index contributed by atoms with van der Waals surface area (Å²) in [7, 11) is 1.92. The lowest BCUT2D eigenvalue weighted by Crippen LogP contribution is -2.55. The lowest BCUT2D eigenvalue weighted by molar-refractivity contribution is -0.177. The van der Waals surface area contributed by atoms with Crippen molar-refractivity contribution in [2.75, 3.05) is 11.9 Å². The first-order valence-electron chi connectivity index (χ1n) is 12.4. The van der Waals surface area contributed by atoms with Crippen molar-refractivity contribution < 1.29 is 19.1 Å². The van der Waals surface area contributed by atoms with E-state index in [4.69, 9.17) is 9.47 Å². The second-order valence-corrected chi connectivity index (χ2v) is 9.32. The first kappa shape index (κ1) is 24.3. The van der Waals surface area contributed by atoms with Crippen molar-refractivity contribution in [2.24, 2.45) is 5.41 Å². The molecule has 1 heterocycles. The zero-order valence-electron chi connectivity index (χ0n) is 20.7. The van der Waals surface area contributed by atoms with E-state index in [0.29, 0.717) is 0 Å². The average molecular weight is 492 g/mol. The van der Waals surface area contributed by atoms with Crippen molar-refractivity contribution in [1.82, 2.24) is 0 Å². The Kier molecular flexibility index (Phi) is 7.04.